The third-order valence-electron chi connectivity index (χ3n) is 2.57. The third kappa shape index (κ3) is 5.53. The van der Waals surface area contributed by atoms with E-state index < -0.39 is 0 Å². The zero-order valence-corrected chi connectivity index (χ0v) is 11.7. The van der Waals surface area contributed by atoms with Gasteiger partial charge in [0.25, 0.3) is 0 Å². The van der Waals surface area contributed by atoms with Gasteiger partial charge in [0, 0.05) is 12.1 Å². The molecule has 0 N–H and O–H groups in total. The van der Waals surface area contributed by atoms with Crippen molar-refractivity contribution in [2.75, 3.05) is 20.6 Å². The molecule has 0 fully saturated rings. The highest BCUT2D eigenvalue weighted by Crippen LogP contribution is 2.14. The van der Waals surface area contributed by atoms with Crippen molar-refractivity contribution in [2.24, 2.45) is 0 Å². The number of hydrogen-bond acceptors (Lipinski definition) is 3. The summed E-state index contributed by atoms with van der Waals surface area (Å²) in [6, 6.07) is 7.53. The zero-order chi connectivity index (χ0) is 14.3. The summed E-state index contributed by atoms with van der Waals surface area (Å²) in [7, 11) is 3.76. The summed E-state index contributed by atoms with van der Waals surface area (Å²) < 4.78 is 5.25. The minimum Gasteiger partial charge on any atom is -0.423 e. The molecule has 102 valence electrons. The van der Waals surface area contributed by atoms with Gasteiger partial charge in [-0.1, -0.05) is 24.8 Å². The molecule has 19 heavy (non-hydrogen) atoms. The van der Waals surface area contributed by atoms with Crippen molar-refractivity contribution in [3.63, 3.8) is 0 Å². The summed E-state index contributed by atoms with van der Waals surface area (Å²) >= 11 is 0. The first-order valence-corrected chi connectivity index (χ1v) is 6.27. The number of benzene rings is 1. The van der Waals surface area contributed by atoms with E-state index in [4.69, 9.17) is 4.74 Å². The molecule has 0 saturated carbocycles. The molecule has 0 heterocycles. The van der Waals surface area contributed by atoms with Crippen LogP contribution in [0.15, 0.2) is 49.1 Å². The number of ether oxygens (including phenoxy) is 1. The second-order valence-electron chi connectivity index (χ2n) is 4.70. The lowest BCUT2D eigenvalue weighted by Gasteiger charge is -2.11. The van der Waals surface area contributed by atoms with Crippen LogP contribution in [0.1, 0.15) is 12.0 Å². The van der Waals surface area contributed by atoms with Crippen LogP contribution in [0.3, 0.4) is 0 Å². The molecule has 0 amide bonds. The van der Waals surface area contributed by atoms with Gasteiger partial charge in [-0.2, -0.15) is 0 Å². The third-order valence-corrected chi connectivity index (χ3v) is 2.57. The molecule has 0 bridgehead atoms. The predicted octanol–water partition coefficient (Wildman–Crippen LogP) is 2.83. The Kier molecular flexibility index (Phi) is 6.03. The lowest BCUT2D eigenvalue weighted by atomic mass is 10.1. The monoisotopic (exact) mass is 259 g/mol. The number of nitrogens with zero attached hydrogens (tertiary/aromatic N) is 1. The highest BCUT2D eigenvalue weighted by molar-refractivity contribution is 5.89. The Labute approximate surface area is 115 Å². The van der Waals surface area contributed by atoms with Gasteiger partial charge in [-0.3, -0.25) is 0 Å². The van der Waals surface area contributed by atoms with Gasteiger partial charge in [-0.15, -0.1) is 6.58 Å². The van der Waals surface area contributed by atoms with Crippen LogP contribution in [-0.4, -0.2) is 31.5 Å². The normalized spacial score (nSPS) is 10.3. The summed E-state index contributed by atoms with van der Waals surface area (Å²) in [5, 5.41) is 0. The summed E-state index contributed by atoms with van der Waals surface area (Å²) in [5.41, 5.74) is 1.65. The highest BCUT2D eigenvalue weighted by atomic mass is 16.5. The van der Waals surface area contributed by atoms with Crippen LogP contribution in [0.25, 0.3) is 0 Å². The number of aryl methyl sites for hydroxylation is 1. The van der Waals surface area contributed by atoms with Crippen LogP contribution in [0.2, 0.25) is 0 Å². The molecule has 0 aliphatic rings. The highest BCUT2D eigenvalue weighted by Gasteiger charge is 2.10. The summed E-state index contributed by atoms with van der Waals surface area (Å²) in [6.07, 6.45) is 3.78. The number of rotatable bonds is 7. The number of carbonyl (C=O) groups excluding carboxylic acids is 1. The average Bonchev–Trinajstić information content (AvgIpc) is 2.37. The number of hydrogen-bond donors (Lipinski definition) is 0. The Morgan fingerprint density at radius 2 is 1.95 bits per heavy atom. The van der Waals surface area contributed by atoms with E-state index in [0.29, 0.717) is 17.9 Å². The van der Waals surface area contributed by atoms with Gasteiger partial charge < -0.3 is 9.64 Å². The van der Waals surface area contributed by atoms with Gasteiger partial charge in [0.2, 0.25) is 0 Å². The molecule has 0 saturated heterocycles. The van der Waals surface area contributed by atoms with Crippen LogP contribution in [0.4, 0.5) is 0 Å². The average molecular weight is 259 g/mol. The Morgan fingerprint density at radius 3 is 2.47 bits per heavy atom. The Morgan fingerprint density at radius 1 is 1.32 bits per heavy atom. The van der Waals surface area contributed by atoms with E-state index in [9.17, 15) is 4.79 Å². The molecule has 0 radical (unpaired) electrons. The zero-order valence-electron chi connectivity index (χ0n) is 11.7. The van der Waals surface area contributed by atoms with E-state index in [1.165, 1.54) is 5.56 Å². The fraction of sp³-hybridized carbons (Fsp3) is 0.312. The minimum absolute atomic E-state index is 0.382. The largest absolute Gasteiger partial charge is 0.423 e. The van der Waals surface area contributed by atoms with Crippen LogP contribution >= 0.6 is 0 Å². The molecule has 0 spiro atoms. The van der Waals surface area contributed by atoms with Crippen molar-refractivity contribution in [3.05, 3.63) is 54.6 Å². The summed E-state index contributed by atoms with van der Waals surface area (Å²) in [5.74, 6) is 0.166. The molecule has 3 heteroatoms. The molecule has 1 aromatic carbocycles. The van der Waals surface area contributed by atoms with Crippen LogP contribution in [0, 0.1) is 0 Å². The SMILES string of the molecule is C=CCCc1ccc(OC(=O)C(=C)CN(C)C)cc1. The van der Waals surface area contributed by atoms with Gasteiger partial charge >= 0.3 is 5.97 Å². The van der Waals surface area contributed by atoms with Crippen LogP contribution in [0.5, 0.6) is 5.75 Å². The van der Waals surface area contributed by atoms with E-state index >= 15 is 0 Å². The standard InChI is InChI=1S/C16H21NO2/c1-5-6-7-14-8-10-15(11-9-14)19-16(18)13(2)12-17(3)4/h5,8-11H,1-2,6-7,12H2,3-4H3. The molecule has 0 aromatic heterocycles. The second kappa shape index (κ2) is 7.54. The molecule has 1 aromatic rings. The van der Waals surface area contributed by atoms with Gasteiger partial charge in [-0.25, -0.2) is 4.79 Å². The maximum atomic E-state index is 11.7. The van der Waals surface area contributed by atoms with E-state index in [1.54, 1.807) is 12.1 Å². The van der Waals surface area contributed by atoms with Crippen molar-refractivity contribution >= 4 is 5.97 Å². The van der Waals surface area contributed by atoms with Crippen molar-refractivity contribution in [3.8, 4) is 5.75 Å². The first kappa shape index (κ1) is 15.2. The van der Waals surface area contributed by atoms with Crippen LogP contribution in [-0.2, 0) is 11.2 Å². The quantitative estimate of drug-likeness (QED) is 0.326. The van der Waals surface area contributed by atoms with E-state index in [2.05, 4.69) is 13.2 Å². The topological polar surface area (TPSA) is 29.5 Å². The first-order valence-electron chi connectivity index (χ1n) is 6.27. The van der Waals surface area contributed by atoms with Gasteiger partial charge in [0.05, 0.1) is 0 Å². The van der Waals surface area contributed by atoms with Gasteiger partial charge in [0.1, 0.15) is 5.75 Å². The molecule has 0 atom stereocenters. The number of allylic oxidation sites excluding steroid dienone is 1. The van der Waals surface area contributed by atoms with Crippen molar-refractivity contribution in [2.45, 2.75) is 12.8 Å². The van der Waals surface area contributed by atoms with Crippen LogP contribution < -0.4 is 4.74 Å². The lowest BCUT2D eigenvalue weighted by molar-refractivity contribution is -0.130. The maximum Gasteiger partial charge on any atom is 0.340 e. The van der Waals surface area contributed by atoms with E-state index in [-0.39, 0.29) is 5.97 Å². The minimum atomic E-state index is -0.382. The molecular formula is C16H21NO2. The number of esters is 1. The molecule has 3 nitrogen and oxygen atoms in total. The van der Waals surface area contributed by atoms with Gasteiger partial charge in [0.15, 0.2) is 0 Å². The summed E-state index contributed by atoms with van der Waals surface area (Å²) in [6.45, 7) is 7.91. The fourth-order valence-corrected chi connectivity index (χ4v) is 1.62. The molecule has 0 unspecified atom stereocenters. The first-order chi connectivity index (χ1) is 9.02. The van der Waals surface area contributed by atoms with Crippen molar-refractivity contribution in [1.29, 1.82) is 0 Å². The lowest BCUT2D eigenvalue weighted by Crippen LogP contribution is -2.22. The van der Waals surface area contributed by atoms with E-state index in [1.807, 2.05) is 37.2 Å². The number of likely N-dealkylation sites (N-methyl/N-ethyl adjacent to an activating group) is 1. The Balaban J connectivity index is 2.55. The van der Waals surface area contributed by atoms with Gasteiger partial charge in [-0.05, 0) is 44.6 Å². The van der Waals surface area contributed by atoms with Crippen molar-refractivity contribution < 1.29 is 9.53 Å². The fourth-order valence-electron chi connectivity index (χ4n) is 1.62. The molecule has 0 aliphatic carbocycles. The summed E-state index contributed by atoms with van der Waals surface area (Å²) in [4.78, 5) is 13.6. The van der Waals surface area contributed by atoms with E-state index in [0.717, 1.165) is 12.8 Å². The van der Waals surface area contributed by atoms with Crippen molar-refractivity contribution in [1.82, 2.24) is 4.90 Å². The predicted molar refractivity (Wildman–Crippen MR) is 78.3 cm³/mol. The Bertz CT molecular complexity index is 446. The maximum absolute atomic E-state index is 11.7. The number of carbonyl (C=O) groups is 1. The molecule has 0 aliphatic heterocycles. The molecular weight excluding hydrogens is 238 g/mol. The Hall–Kier alpha value is -1.87. The smallest absolute Gasteiger partial charge is 0.340 e. The molecule has 1 rings (SSSR count). The second-order valence-corrected chi connectivity index (χ2v) is 4.70.